The van der Waals surface area contributed by atoms with Gasteiger partial charge in [0, 0.05) is 0 Å². The van der Waals surface area contributed by atoms with E-state index in [0.29, 0.717) is 16.8 Å². The van der Waals surface area contributed by atoms with Crippen LogP contribution in [0.15, 0.2) is 36.4 Å². The van der Waals surface area contributed by atoms with Gasteiger partial charge in [0.15, 0.2) is 0 Å². The number of nitrogens with zero attached hydrogens (tertiary/aromatic N) is 1. The average molecular weight is 517 g/mol. The third-order valence-corrected chi connectivity index (χ3v) is 7.67. The molecule has 1 aliphatic rings. The minimum Gasteiger partial charge on any atom is -0.347 e. The van der Waals surface area contributed by atoms with Crippen LogP contribution in [0.25, 0.3) is 0 Å². The Hall–Kier alpha value is -2.26. The van der Waals surface area contributed by atoms with E-state index in [0.717, 1.165) is 49.6 Å². The molecule has 3 rings (SSSR count). The normalized spacial score (nSPS) is 15.9. The molecule has 1 N–H and O–H groups in total. The van der Waals surface area contributed by atoms with Gasteiger partial charge >= 0.3 is 6.18 Å². The lowest BCUT2D eigenvalue weighted by Gasteiger charge is -2.30. The number of aryl methyl sites for hydroxylation is 2. The summed E-state index contributed by atoms with van der Waals surface area (Å²) in [5.74, 6) is -0.612. The summed E-state index contributed by atoms with van der Waals surface area (Å²) in [6, 6.07) is 7.24. The van der Waals surface area contributed by atoms with Crippen molar-refractivity contribution >= 4 is 33.2 Å². The van der Waals surface area contributed by atoms with Crippen molar-refractivity contribution in [3.8, 4) is 0 Å². The van der Waals surface area contributed by atoms with E-state index in [9.17, 15) is 26.4 Å². The van der Waals surface area contributed by atoms with E-state index in [1.807, 2.05) is 13.0 Å². The molecule has 0 saturated carbocycles. The first-order valence-electron chi connectivity index (χ1n) is 11.1. The SMILES string of the molecule is CC[C@H](NC(=O)[C@H](C)N(c1ccc(Cl)c(C(F)(F)F)c1)S(C)(=O)=O)c1ccc2c(c1)CCCC2. The first-order valence-corrected chi connectivity index (χ1v) is 13.3. The number of anilines is 1. The van der Waals surface area contributed by atoms with Gasteiger partial charge in [-0.3, -0.25) is 9.10 Å². The van der Waals surface area contributed by atoms with Gasteiger partial charge in [0.2, 0.25) is 15.9 Å². The fraction of sp³-hybridized carbons (Fsp3) is 0.458. The van der Waals surface area contributed by atoms with Gasteiger partial charge in [-0.1, -0.05) is 36.7 Å². The second-order valence-corrected chi connectivity index (χ2v) is 10.9. The molecule has 0 heterocycles. The monoisotopic (exact) mass is 516 g/mol. The van der Waals surface area contributed by atoms with Crippen LogP contribution in [0.2, 0.25) is 5.02 Å². The quantitative estimate of drug-likeness (QED) is 0.516. The maximum Gasteiger partial charge on any atom is 0.417 e. The Morgan fingerprint density at radius 1 is 1.12 bits per heavy atom. The molecule has 1 amide bonds. The van der Waals surface area contributed by atoms with Crippen LogP contribution >= 0.6 is 11.6 Å². The number of carbonyl (C=O) groups is 1. The lowest BCUT2D eigenvalue weighted by Crippen LogP contribution is -2.48. The van der Waals surface area contributed by atoms with Gasteiger partial charge in [-0.2, -0.15) is 13.2 Å². The molecule has 2 atom stereocenters. The number of sulfonamides is 1. The van der Waals surface area contributed by atoms with Crippen molar-refractivity contribution in [2.24, 2.45) is 0 Å². The number of hydrogen-bond acceptors (Lipinski definition) is 3. The molecule has 0 radical (unpaired) electrons. The van der Waals surface area contributed by atoms with Gasteiger partial charge in [0.05, 0.1) is 28.6 Å². The van der Waals surface area contributed by atoms with Crippen LogP contribution in [-0.4, -0.2) is 26.6 Å². The summed E-state index contributed by atoms with van der Waals surface area (Å²) in [5.41, 5.74) is 2.01. The van der Waals surface area contributed by atoms with Crippen molar-refractivity contribution < 1.29 is 26.4 Å². The molecule has 34 heavy (non-hydrogen) atoms. The van der Waals surface area contributed by atoms with Crippen LogP contribution in [0.4, 0.5) is 18.9 Å². The van der Waals surface area contributed by atoms with Crippen LogP contribution in [0.3, 0.4) is 0 Å². The Labute approximate surface area is 203 Å². The van der Waals surface area contributed by atoms with E-state index < -0.39 is 38.7 Å². The van der Waals surface area contributed by atoms with Crippen molar-refractivity contribution in [2.75, 3.05) is 10.6 Å². The predicted octanol–water partition coefficient (Wildman–Crippen LogP) is 5.66. The first-order chi connectivity index (χ1) is 15.8. The van der Waals surface area contributed by atoms with E-state index in [-0.39, 0.29) is 11.7 Å². The Bertz CT molecular complexity index is 1170. The molecule has 0 saturated heterocycles. The molecule has 5 nitrogen and oxygen atoms in total. The summed E-state index contributed by atoms with van der Waals surface area (Å²) < 4.78 is 65.8. The molecule has 186 valence electrons. The maximum atomic E-state index is 13.3. The number of amides is 1. The number of benzene rings is 2. The second kappa shape index (κ2) is 10.2. The number of rotatable bonds is 7. The van der Waals surface area contributed by atoms with E-state index in [1.54, 1.807) is 0 Å². The summed E-state index contributed by atoms with van der Waals surface area (Å²) in [5, 5.41) is 2.32. The summed E-state index contributed by atoms with van der Waals surface area (Å²) in [4.78, 5) is 13.1. The van der Waals surface area contributed by atoms with Crippen LogP contribution in [0.5, 0.6) is 0 Å². The highest BCUT2D eigenvalue weighted by atomic mass is 35.5. The number of fused-ring (bicyclic) bond motifs is 1. The van der Waals surface area contributed by atoms with E-state index in [4.69, 9.17) is 11.6 Å². The highest BCUT2D eigenvalue weighted by Crippen LogP contribution is 2.38. The van der Waals surface area contributed by atoms with Crippen LogP contribution in [0, 0.1) is 0 Å². The van der Waals surface area contributed by atoms with Crippen molar-refractivity contribution in [1.82, 2.24) is 5.32 Å². The lowest BCUT2D eigenvalue weighted by atomic mass is 9.88. The number of nitrogens with one attached hydrogen (secondary N) is 1. The molecular weight excluding hydrogens is 489 g/mol. The number of hydrogen-bond donors (Lipinski definition) is 1. The van der Waals surface area contributed by atoms with Gasteiger partial charge in [-0.15, -0.1) is 0 Å². The van der Waals surface area contributed by atoms with Crippen molar-refractivity contribution in [3.05, 3.63) is 63.7 Å². The Balaban J connectivity index is 1.89. The predicted molar refractivity (Wildman–Crippen MR) is 127 cm³/mol. The summed E-state index contributed by atoms with van der Waals surface area (Å²) in [6.45, 7) is 3.25. The van der Waals surface area contributed by atoms with Gasteiger partial charge in [0.1, 0.15) is 6.04 Å². The van der Waals surface area contributed by atoms with Crippen molar-refractivity contribution in [3.63, 3.8) is 0 Å². The molecule has 10 heteroatoms. The molecule has 1 aliphatic carbocycles. The van der Waals surface area contributed by atoms with Gasteiger partial charge in [-0.25, -0.2) is 8.42 Å². The molecule has 0 fully saturated rings. The summed E-state index contributed by atoms with van der Waals surface area (Å²) >= 11 is 5.68. The topological polar surface area (TPSA) is 66.5 Å². The largest absolute Gasteiger partial charge is 0.417 e. The zero-order valence-corrected chi connectivity index (χ0v) is 20.8. The second-order valence-electron chi connectivity index (χ2n) is 8.60. The fourth-order valence-electron chi connectivity index (χ4n) is 4.36. The van der Waals surface area contributed by atoms with E-state index >= 15 is 0 Å². The Kier molecular flexibility index (Phi) is 7.87. The van der Waals surface area contributed by atoms with Crippen LogP contribution in [-0.2, 0) is 33.8 Å². The number of alkyl halides is 3. The molecule has 2 aromatic rings. The summed E-state index contributed by atoms with van der Waals surface area (Å²) in [7, 11) is -4.09. The zero-order valence-electron chi connectivity index (χ0n) is 19.2. The van der Waals surface area contributed by atoms with Crippen LogP contribution < -0.4 is 9.62 Å². The lowest BCUT2D eigenvalue weighted by molar-refractivity contribution is -0.137. The standard InChI is InChI=1S/C24H28ClF3N2O3S/c1-4-22(18-10-9-16-7-5-6-8-17(16)13-18)29-23(31)15(2)30(34(3,32)33)19-11-12-21(25)20(14-19)24(26,27)28/h9-15,22H,4-8H2,1-3H3,(H,29,31)/t15-,22-/m0/s1. The first kappa shape index (κ1) is 26.3. The smallest absolute Gasteiger partial charge is 0.347 e. The van der Waals surface area contributed by atoms with Gasteiger partial charge in [-0.05, 0) is 73.9 Å². The molecule has 0 aromatic heterocycles. The summed E-state index contributed by atoms with van der Waals surface area (Å²) in [6.07, 6.45) is 0.904. The third kappa shape index (κ3) is 5.86. The number of carbonyl (C=O) groups excluding carboxylic acids is 1. The molecule has 0 aliphatic heterocycles. The average Bonchev–Trinajstić information content (AvgIpc) is 2.76. The van der Waals surface area contributed by atoms with Gasteiger partial charge < -0.3 is 5.32 Å². The number of halogens is 4. The molecule has 0 unspecified atom stereocenters. The third-order valence-electron chi connectivity index (χ3n) is 6.10. The van der Waals surface area contributed by atoms with E-state index in [2.05, 4.69) is 17.4 Å². The Morgan fingerprint density at radius 2 is 1.76 bits per heavy atom. The fourth-order valence-corrected chi connectivity index (χ4v) is 5.75. The van der Waals surface area contributed by atoms with E-state index in [1.165, 1.54) is 18.1 Å². The highest BCUT2D eigenvalue weighted by Gasteiger charge is 2.36. The van der Waals surface area contributed by atoms with Gasteiger partial charge in [0.25, 0.3) is 0 Å². The minimum absolute atomic E-state index is 0.288. The van der Waals surface area contributed by atoms with Crippen molar-refractivity contribution in [1.29, 1.82) is 0 Å². The van der Waals surface area contributed by atoms with Crippen LogP contribution in [0.1, 0.15) is 61.4 Å². The highest BCUT2D eigenvalue weighted by molar-refractivity contribution is 7.92. The molecule has 0 spiro atoms. The van der Waals surface area contributed by atoms with Crippen molar-refractivity contribution in [2.45, 2.75) is 64.2 Å². The minimum atomic E-state index is -4.78. The molecule has 2 aromatic carbocycles. The maximum absolute atomic E-state index is 13.3. The molecule has 0 bridgehead atoms. The molecular formula is C24H28ClF3N2O3S. The zero-order chi connectivity index (χ0) is 25.3. The Morgan fingerprint density at radius 3 is 2.35 bits per heavy atom.